The van der Waals surface area contributed by atoms with Gasteiger partial charge in [-0.15, -0.1) is 0 Å². The van der Waals surface area contributed by atoms with Gasteiger partial charge < -0.3 is 9.84 Å². The maximum atomic E-state index is 12.4. The molecule has 0 saturated carbocycles. The number of rotatable bonds is 3. The fraction of sp³-hybridized carbons (Fsp3) is 0.250. The van der Waals surface area contributed by atoms with Crippen LogP contribution in [-0.4, -0.2) is 22.4 Å². The van der Waals surface area contributed by atoms with Gasteiger partial charge in [-0.25, -0.2) is 13.8 Å². The van der Waals surface area contributed by atoms with E-state index in [-0.39, 0.29) is 5.88 Å². The SMILES string of the molecule is COc1nc(C(F)F)c(C(=O)Cl)cc1O. The average Bonchev–Trinajstić information content (AvgIpc) is 2.16. The quantitative estimate of drug-likeness (QED) is 0.818. The molecule has 0 aliphatic rings. The van der Waals surface area contributed by atoms with Crippen molar-refractivity contribution >= 4 is 16.8 Å². The van der Waals surface area contributed by atoms with Crippen molar-refractivity contribution in [3.05, 3.63) is 17.3 Å². The summed E-state index contributed by atoms with van der Waals surface area (Å²) in [7, 11) is 1.15. The molecule has 0 fully saturated rings. The van der Waals surface area contributed by atoms with Gasteiger partial charge in [0.15, 0.2) is 5.75 Å². The van der Waals surface area contributed by atoms with E-state index in [4.69, 9.17) is 11.6 Å². The highest BCUT2D eigenvalue weighted by Crippen LogP contribution is 2.31. The maximum absolute atomic E-state index is 12.4. The fourth-order valence-electron chi connectivity index (χ4n) is 0.973. The van der Waals surface area contributed by atoms with E-state index in [9.17, 15) is 18.7 Å². The molecular weight excluding hydrogens is 232 g/mol. The lowest BCUT2D eigenvalue weighted by Gasteiger charge is -2.08. The maximum Gasteiger partial charge on any atom is 0.281 e. The van der Waals surface area contributed by atoms with Gasteiger partial charge in [0.1, 0.15) is 5.69 Å². The molecule has 1 N–H and O–H groups in total. The molecule has 1 heterocycles. The number of aromatic nitrogens is 1. The Morgan fingerprint density at radius 2 is 2.27 bits per heavy atom. The van der Waals surface area contributed by atoms with Crippen molar-refractivity contribution in [2.45, 2.75) is 6.43 Å². The summed E-state index contributed by atoms with van der Waals surface area (Å²) in [6, 6.07) is 0.794. The predicted molar refractivity (Wildman–Crippen MR) is 47.6 cm³/mol. The molecule has 15 heavy (non-hydrogen) atoms. The predicted octanol–water partition coefficient (Wildman–Crippen LogP) is 2.11. The minimum absolute atomic E-state index is 0.382. The normalized spacial score (nSPS) is 10.5. The van der Waals surface area contributed by atoms with Gasteiger partial charge in [-0.05, 0) is 17.7 Å². The Kier molecular flexibility index (Phi) is 3.41. The van der Waals surface area contributed by atoms with Gasteiger partial charge in [0.25, 0.3) is 17.5 Å². The van der Waals surface area contributed by atoms with Crippen LogP contribution in [-0.2, 0) is 0 Å². The van der Waals surface area contributed by atoms with E-state index in [1.807, 2.05) is 0 Å². The molecule has 0 aromatic carbocycles. The highest BCUT2D eigenvalue weighted by atomic mass is 35.5. The second-order valence-electron chi connectivity index (χ2n) is 2.52. The van der Waals surface area contributed by atoms with Gasteiger partial charge in [-0.2, -0.15) is 0 Å². The number of alkyl halides is 2. The molecule has 0 aliphatic heterocycles. The molecule has 0 spiro atoms. The smallest absolute Gasteiger partial charge is 0.281 e. The van der Waals surface area contributed by atoms with Crippen molar-refractivity contribution in [2.24, 2.45) is 0 Å². The molecule has 0 atom stereocenters. The number of carbonyl (C=O) groups is 1. The number of ether oxygens (including phenoxy) is 1. The Bertz CT molecular complexity index is 398. The average molecular weight is 238 g/mol. The van der Waals surface area contributed by atoms with Crippen LogP contribution in [0.3, 0.4) is 0 Å². The van der Waals surface area contributed by atoms with E-state index in [0.717, 1.165) is 13.2 Å². The van der Waals surface area contributed by atoms with Crippen molar-refractivity contribution in [1.29, 1.82) is 0 Å². The van der Waals surface area contributed by atoms with E-state index in [0.29, 0.717) is 0 Å². The Hall–Kier alpha value is -1.43. The summed E-state index contributed by atoms with van der Waals surface area (Å²) in [6.45, 7) is 0. The first kappa shape index (κ1) is 11.6. The zero-order valence-electron chi connectivity index (χ0n) is 7.50. The van der Waals surface area contributed by atoms with Crippen LogP contribution < -0.4 is 4.74 Å². The van der Waals surface area contributed by atoms with Crippen LogP contribution in [0.1, 0.15) is 22.5 Å². The van der Waals surface area contributed by atoms with Gasteiger partial charge in [0, 0.05) is 0 Å². The van der Waals surface area contributed by atoms with Crippen molar-refractivity contribution < 1.29 is 23.4 Å². The molecule has 7 heteroatoms. The summed E-state index contributed by atoms with van der Waals surface area (Å²) in [5.74, 6) is -0.905. The molecule has 0 unspecified atom stereocenters. The summed E-state index contributed by atoms with van der Waals surface area (Å²) >= 11 is 5.06. The lowest BCUT2D eigenvalue weighted by molar-refractivity contribution is 0.106. The second kappa shape index (κ2) is 4.39. The van der Waals surface area contributed by atoms with Crippen molar-refractivity contribution in [3.63, 3.8) is 0 Å². The minimum Gasteiger partial charge on any atom is -0.503 e. The molecule has 1 rings (SSSR count). The van der Waals surface area contributed by atoms with Crippen LogP contribution in [0.25, 0.3) is 0 Å². The molecule has 4 nitrogen and oxygen atoms in total. The summed E-state index contributed by atoms with van der Waals surface area (Å²) in [5, 5.41) is 8.09. The number of hydrogen-bond donors (Lipinski definition) is 1. The number of nitrogens with zero attached hydrogens (tertiary/aromatic N) is 1. The fourth-order valence-corrected chi connectivity index (χ4v) is 1.12. The molecule has 0 aliphatic carbocycles. The second-order valence-corrected chi connectivity index (χ2v) is 2.87. The molecule has 1 aromatic rings. The number of carbonyl (C=O) groups excluding carboxylic acids is 1. The van der Waals surface area contributed by atoms with E-state index < -0.39 is 28.7 Å². The largest absolute Gasteiger partial charge is 0.503 e. The molecule has 0 bridgehead atoms. The zero-order chi connectivity index (χ0) is 11.6. The summed E-state index contributed by atoms with van der Waals surface area (Å²) in [4.78, 5) is 14.0. The molecule has 0 radical (unpaired) electrons. The number of methoxy groups -OCH3 is 1. The van der Waals surface area contributed by atoms with Gasteiger partial charge in [0.2, 0.25) is 0 Å². The van der Waals surface area contributed by atoms with Crippen LogP contribution in [0, 0.1) is 0 Å². The number of pyridine rings is 1. The summed E-state index contributed by atoms with van der Waals surface area (Å²) in [6.07, 6.45) is -2.97. The summed E-state index contributed by atoms with van der Waals surface area (Å²) < 4.78 is 29.4. The Morgan fingerprint density at radius 3 is 2.67 bits per heavy atom. The third-order valence-electron chi connectivity index (χ3n) is 1.61. The van der Waals surface area contributed by atoms with Gasteiger partial charge in [-0.1, -0.05) is 0 Å². The highest BCUT2D eigenvalue weighted by Gasteiger charge is 2.22. The molecule has 0 saturated heterocycles. The van der Waals surface area contributed by atoms with E-state index in [2.05, 4.69) is 9.72 Å². The number of halogens is 3. The van der Waals surface area contributed by atoms with Gasteiger partial charge in [0.05, 0.1) is 12.7 Å². The molecular formula is C8H6ClF2NO3. The van der Waals surface area contributed by atoms with E-state index in [1.54, 1.807) is 0 Å². The Balaban J connectivity index is 3.38. The first-order valence-electron chi connectivity index (χ1n) is 3.73. The molecule has 1 aromatic heterocycles. The third-order valence-corrected chi connectivity index (χ3v) is 1.81. The van der Waals surface area contributed by atoms with Crippen LogP contribution in [0.2, 0.25) is 0 Å². The highest BCUT2D eigenvalue weighted by molar-refractivity contribution is 6.67. The van der Waals surface area contributed by atoms with Gasteiger partial charge >= 0.3 is 0 Å². The molecule has 0 amide bonds. The number of aromatic hydroxyl groups is 1. The topological polar surface area (TPSA) is 59.4 Å². The van der Waals surface area contributed by atoms with E-state index >= 15 is 0 Å². The van der Waals surface area contributed by atoms with Crippen LogP contribution in [0.15, 0.2) is 6.07 Å². The minimum atomic E-state index is -2.97. The Labute approximate surface area is 88.4 Å². The van der Waals surface area contributed by atoms with Crippen molar-refractivity contribution in [3.8, 4) is 11.6 Å². The first-order chi connectivity index (χ1) is 6.97. The third kappa shape index (κ3) is 2.33. The zero-order valence-corrected chi connectivity index (χ0v) is 8.26. The van der Waals surface area contributed by atoms with Crippen LogP contribution >= 0.6 is 11.6 Å². The first-order valence-corrected chi connectivity index (χ1v) is 4.11. The lowest BCUT2D eigenvalue weighted by Crippen LogP contribution is -2.03. The van der Waals surface area contributed by atoms with E-state index in [1.165, 1.54) is 0 Å². The molecule has 82 valence electrons. The van der Waals surface area contributed by atoms with Crippen molar-refractivity contribution in [2.75, 3.05) is 7.11 Å². The van der Waals surface area contributed by atoms with Crippen molar-refractivity contribution in [1.82, 2.24) is 4.98 Å². The lowest BCUT2D eigenvalue weighted by atomic mass is 10.2. The standard InChI is InChI=1S/C8H6ClF2NO3/c1-15-8-4(13)2-3(6(9)14)5(12-8)7(10)11/h2,7,13H,1H3. The van der Waals surface area contributed by atoms with Crippen LogP contribution in [0.5, 0.6) is 11.6 Å². The Morgan fingerprint density at radius 1 is 1.67 bits per heavy atom. The number of hydrogen-bond acceptors (Lipinski definition) is 4. The van der Waals surface area contributed by atoms with Crippen LogP contribution in [0.4, 0.5) is 8.78 Å². The monoisotopic (exact) mass is 237 g/mol. The van der Waals surface area contributed by atoms with Gasteiger partial charge in [-0.3, -0.25) is 4.79 Å². The summed E-state index contributed by atoms with van der Waals surface area (Å²) in [5.41, 5.74) is -1.35.